The first-order chi connectivity index (χ1) is 8.68. The molecule has 2 aromatic rings. The molecule has 0 aliphatic heterocycles. The van der Waals surface area contributed by atoms with Crippen LogP contribution in [0.2, 0.25) is 0 Å². The maximum Gasteiger partial charge on any atom is 0.253 e. The highest BCUT2D eigenvalue weighted by Crippen LogP contribution is 2.07. The minimum Gasteiger partial charge on any atom is -0.354 e. The van der Waals surface area contributed by atoms with Crippen LogP contribution in [-0.4, -0.2) is 22.0 Å². The van der Waals surface area contributed by atoms with E-state index >= 15 is 0 Å². The number of carbonyl (C=O) groups is 1. The van der Waals surface area contributed by atoms with Crippen molar-refractivity contribution in [1.29, 1.82) is 0 Å². The van der Waals surface area contributed by atoms with E-state index in [-0.39, 0.29) is 5.91 Å². The van der Waals surface area contributed by atoms with Crippen LogP contribution in [0.1, 0.15) is 21.7 Å². The second-order valence-corrected chi connectivity index (χ2v) is 4.25. The highest BCUT2D eigenvalue weighted by molar-refractivity contribution is 5.95. The fraction of sp³-hybridized carbons (Fsp3) is 0.286. The average molecular weight is 243 g/mol. The van der Waals surface area contributed by atoms with Crippen molar-refractivity contribution in [3.8, 4) is 0 Å². The molecule has 0 aromatic carbocycles. The van der Waals surface area contributed by atoms with Crippen molar-refractivity contribution in [2.75, 3.05) is 6.54 Å². The monoisotopic (exact) mass is 243 g/mol. The number of nitrogens with one attached hydrogen (secondary N) is 1. The van der Waals surface area contributed by atoms with Crippen LogP contribution in [-0.2, 0) is 13.5 Å². The highest BCUT2D eigenvalue weighted by atomic mass is 16.1. The average Bonchev–Trinajstić information content (AvgIpc) is 2.71. The molecule has 2 rings (SSSR count). The number of pyridine rings is 1. The molecule has 0 spiro atoms. The number of hydrogen-bond donors (Lipinski definition) is 1. The summed E-state index contributed by atoms with van der Waals surface area (Å²) in [6, 6.07) is 7.63. The topological polar surface area (TPSA) is 46.9 Å². The van der Waals surface area contributed by atoms with Crippen molar-refractivity contribution in [2.24, 2.45) is 7.05 Å². The summed E-state index contributed by atoms with van der Waals surface area (Å²) >= 11 is 0. The smallest absolute Gasteiger partial charge is 0.253 e. The van der Waals surface area contributed by atoms with Crippen molar-refractivity contribution in [1.82, 2.24) is 14.9 Å². The Morgan fingerprint density at radius 2 is 2.22 bits per heavy atom. The number of hydrogen-bond acceptors (Lipinski definition) is 2. The van der Waals surface area contributed by atoms with Crippen molar-refractivity contribution in [3.05, 3.63) is 53.6 Å². The summed E-state index contributed by atoms with van der Waals surface area (Å²) in [7, 11) is 1.93. The molecule has 94 valence electrons. The highest BCUT2D eigenvalue weighted by Gasteiger charge is 2.10. The van der Waals surface area contributed by atoms with Crippen molar-refractivity contribution in [3.63, 3.8) is 0 Å². The van der Waals surface area contributed by atoms with E-state index in [1.54, 1.807) is 6.20 Å². The van der Waals surface area contributed by atoms with Crippen LogP contribution in [0.25, 0.3) is 0 Å². The van der Waals surface area contributed by atoms with Crippen LogP contribution in [0.4, 0.5) is 0 Å². The summed E-state index contributed by atoms with van der Waals surface area (Å²) in [4.78, 5) is 16.1. The van der Waals surface area contributed by atoms with Crippen LogP contribution >= 0.6 is 0 Å². The van der Waals surface area contributed by atoms with Gasteiger partial charge in [-0.05, 0) is 25.1 Å². The summed E-state index contributed by atoms with van der Waals surface area (Å²) in [5, 5.41) is 2.91. The molecule has 0 fully saturated rings. The second kappa shape index (κ2) is 5.49. The Kier molecular flexibility index (Phi) is 3.77. The SMILES string of the molecule is Cc1c(C(=O)NCCc2ccccn2)ccn1C. The van der Waals surface area contributed by atoms with Gasteiger partial charge in [-0.25, -0.2) is 0 Å². The molecule has 0 unspecified atom stereocenters. The normalized spacial score (nSPS) is 10.3. The van der Waals surface area contributed by atoms with Gasteiger partial charge in [0.05, 0.1) is 5.56 Å². The van der Waals surface area contributed by atoms with Gasteiger partial charge in [-0.1, -0.05) is 6.07 Å². The number of carbonyl (C=O) groups excluding carboxylic acids is 1. The zero-order valence-electron chi connectivity index (χ0n) is 10.7. The molecule has 1 amide bonds. The number of amides is 1. The van der Waals surface area contributed by atoms with E-state index in [9.17, 15) is 4.79 Å². The van der Waals surface area contributed by atoms with Crippen LogP contribution in [0.3, 0.4) is 0 Å². The van der Waals surface area contributed by atoms with Gasteiger partial charge in [0, 0.05) is 43.8 Å². The summed E-state index contributed by atoms with van der Waals surface area (Å²) < 4.78 is 1.94. The van der Waals surface area contributed by atoms with Crippen molar-refractivity contribution in [2.45, 2.75) is 13.3 Å². The summed E-state index contributed by atoms with van der Waals surface area (Å²) in [6.45, 7) is 2.54. The standard InChI is InChI=1S/C14H17N3O/c1-11-13(7-10-17(11)2)14(18)16-9-6-12-5-3-4-8-15-12/h3-5,7-8,10H,6,9H2,1-2H3,(H,16,18). The van der Waals surface area contributed by atoms with Gasteiger partial charge in [0.15, 0.2) is 0 Å². The first-order valence-corrected chi connectivity index (χ1v) is 5.98. The Labute approximate surface area is 107 Å². The molecule has 0 saturated carbocycles. The quantitative estimate of drug-likeness (QED) is 0.888. The number of aromatic nitrogens is 2. The van der Waals surface area contributed by atoms with Gasteiger partial charge >= 0.3 is 0 Å². The van der Waals surface area contributed by atoms with Gasteiger partial charge in [0.2, 0.25) is 0 Å². The molecule has 2 heterocycles. The Morgan fingerprint density at radius 3 is 2.83 bits per heavy atom. The molecule has 2 aromatic heterocycles. The number of rotatable bonds is 4. The third-order valence-electron chi connectivity index (χ3n) is 3.02. The molecule has 0 bridgehead atoms. The number of aryl methyl sites for hydroxylation is 1. The fourth-order valence-electron chi connectivity index (χ4n) is 1.79. The van der Waals surface area contributed by atoms with E-state index in [2.05, 4.69) is 10.3 Å². The van der Waals surface area contributed by atoms with Gasteiger partial charge in [-0.3, -0.25) is 9.78 Å². The van der Waals surface area contributed by atoms with E-state index < -0.39 is 0 Å². The molecule has 0 saturated heterocycles. The minimum absolute atomic E-state index is 0.0240. The summed E-state index contributed by atoms with van der Waals surface area (Å²) in [5.41, 5.74) is 2.70. The maximum atomic E-state index is 11.9. The van der Waals surface area contributed by atoms with E-state index in [4.69, 9.17) is 0 Å². The third kappa shape index (κ3) is 2.77. The van der Waals surface area contributed by atoms with Crippen molar-refractivity contribution < 1.29 is 4.79 Å². The van der Waals surface area contributed by atoms with Crippen LogP contribution in [0, 0.1) is 6.92 Å². The van der Waals surface area contributed by atoms with E-state index in [1.165, 1.54) is 0 Å². The predicted octanol–water partition coefficient (Wildman–Crippen LogP) is 1.70. The molecule has 0 atom stereocenters. The Morgan fingerprint density at radius 1 is 1.39 bits per heavy atom. The van der Waals surface area contributed by atoms with Gasteiger partial charge < -0.3 is 9.88 Å². The molecule has 18 heavy (non-hydrogen) atoms. The lowest BCUT2D eigenvalue weighted by Crippen LogP contribution is -2.26. The van der Waals surface area contributed by atoms with E-state index in [0.717, 1.165) is 23.4 Å². The van der Waals surface area contributed by atoms with Crippen molar-refractivity contribution >= 4 is 5.91 Å². The molecule has 1 N–H and O–H groups in total. The van der Waals surface area contributed by atoms with Gasteiger partial charge in [-0.15, -0.1) is 0 Å². The largest absolute Gasteiger partial charge is 0.354 e. The summed E-state index contributed by atoms with van der Waals surface area (Å²) in [6.07, 6.45) is 4.40. The zero-order valence-corrected chi connectivity index (χ0v) is 10.7. The number of nitrogens with zero attached hydrogens (tertiary/aromatic N) is 2. The van der Waals surface area contributed by atoms with E-state index in [0.29, 0.717) is 6.54 Å². The minimum atomic E-state index is -0.0240. The summed E-state index contributed by atoms with van der Waals surface area (Å²) in [5.74, 6) is -0.0240. The van der Waals surface area contributed by atoms with E-state index in [1.807, 2.05) is 49.0 Å². The van der Waals surface area contributed by atoms with Crippen LogP contribution in [0.15, 0.2) is 36.7 Å². The Hall–Kier alpha value is -2.10. The zero-order chi connectivity index (χ0) is 13.0. The molecule has 0 aliphatic rings. The molecular weight excluding hydrogens is 226 g/mol. The molecule has 0 aliphatic carbocycles. The maximum absolute atomic E-state index is 11.9. The molecule has 4 heteroatoms. The second-order valence-electron chi connectivity index (χ2n) is 4.25. The lowest BCUT2D eigenvalue weighted by Gasteiger charge is -2.05. The molecule has 0 radical (unpaired) electrons. The predicted molar refractivity (Wildman–Crippen MR) is 70.4 cm³/mol. The Bertz CT molecular complexity index is 531. The lowest BCUT2D eigenvalue weighted by molar-refractivity contribution is 0.0953. The lowest BCUT2D eigenvalue weighted by atomic mass is 10.2. The first kappa shape index (κ1) is 12.4. The van der Waals surface area contributed by atoms with Gasteiger partial charge in [-0.2, -0.15) is 0 Å². The Balaban J connectivity index is 1.88. The third-order valence-corrected chi connectivity index (χ3v) is 3.02. The van der Waals surface area contributed by atoms with Crippen LogP contribution in [0.5, 0.6) is 0 Å². The van der Waals surface area contributed by atoms with Gasteiger partial charge in [0.25, 0.3) is 5.91 Å². The first-order valence-electron chi connectivity index (χ1n) is 5.98. The molecular formula is C14H17N3O. The van der Waals surface area contributed by atoms with Gasteiger partial charge in [0.1, 0.15) is 0 Å². The van der Waals surface area contributed by atoms with Crippen LogP contribution < -0.4 is 5.32 Å². The fourth-order valence-corrected chi connectivity index (χ4v) is 1.79. The molecule has 4 nitrogen and oxygen atoms in total.